The van der Waals surface area contributed by atoms with Crippen LogP contribution in [0.25, 0.3) is 11.0 Å². The maximum absolute atomic E-state index is 13.2. The molecule has 2 aromatic carbocycles. The summed E-state index contributed by atoms with van der Waals surface area (Å²) in [4.78, 5) is 35.9. The second-order valence-corrected chi connectivity index (χ2v) is 8.19. The number of benzene rings is 2. The molecule has 1 N–H and O–H groups in total. The van der Waals surface area contributed by atoms with Crippen molar-refractivity contribution in [2.75, 3.05) is 6.61 Å². The van der Waals surface area contributed by atoms with E-state index >= 15 is 0 Å². The first-order valence-corrected chi connectivity index (χ1v) is 11.1. The Morgan fingerprint density at radius 3 is 2.58 bits per heavy atom. The van der Waals surface area contributed by atoms with E-state index < -0.39 is 22.8 Å². The first kappa shape index (κ1) is 22.5. The van der Waals surface area contributed by atoms with Gasteiger partial charge in [-0.15, -0.1) is 4.73 Å². The molecule has 0 radical (unpaired) electrons. The fourth-order valence-electron chi connectivity index (χ4n) is 3.56. The van der Waals surface area contributed by atoms with Gasteiger partial charge in [-0.05, 0) is 48.2 Å². The van der Waals surface area contributed by atoms with Gasteiger partial charge in [0.05, 0.1) is 12.0 Å². The van der Waals surface area contributed by atoms with E-state index in [1.807, 2.05) is 54.6 Å². The lowest BCUT2D eigenvalue weighted by Crippen LogP contribution is -2.33. The zero-order valence-corrected chi connectivity index (χ0v) is 19.4. The number of carbonyl (C=O) groups is 1. The van der Waals surface area contributed by atoms with Crippen LogP contribution in [-0.4, -0.2) is 27.4 Å². The number of aromatic hydroxyl groups is 1. The number of pyridine rings is 2. The van der Waals surface area contributed by atoms with Gasteiger partial charge in [0.1, 0.15) is 12.4 Å². The fourth-order valence-corrected chi connectivity index (χ4v) is 4.01. The summed E-state index contributed by atoms with van der Waals surface area (Å²) in [6.07, 6.45) is 1.98. The summed E-state index contributed by atoms with van der Waals surface area (Å²) in [5.41, 5.74) is 1.28. The molecule has 0 aliphatic heterocycles. The zero-order chi connectivity index (χ0) is 23.4. The van der Waals surface area contributed by atoms with E-state index in [1.54, 1.807) is 19.2 Å². The van der Waals surface area contributed by atoms with Crippen LogP contribution in [0.15, 0.2) is 76.1 Å². The van der Waals surface area contributed by atoms with Crippen LogP contribution in [-0.2, 0) is 17.8 Å². The number of carbonyl (C=O) groups excluding carboxylic acids is 1. The molecule has 33 heavy (non-hydrogen) atoms. The lowest BCUT2D eigenvalue weighted by atomic mass is 10.0. The summed E-state index contributed by atoms with van der Waals surface area (Å²) < 4.78 is 6.91. The highest BCUT2D eigenvalue weighted by atomic mass is 79.9. The van der Waals surface area contributed by atoms with Crippen LogP contribution in [0.5, 0.6) is 5.75 Å². The van der Waals surface area contributed by atoms with E-state index in [4.69, 9.17) is 9.57 Å². The van der Waals surface area contributed by atoms with Crippen molar-refractivity contribution in [3.8, 4) is 5.75 Å². The number of aromatic nitrogens is 2. The lowest BCUT2D eigenvalue weighted by molar-refractivity contribution is 0.0508. The molecule has 0 saturated carbocycles. The van der Waals surface area contributed by atoms with Crippen molar-refractivity contribution in [3.05, 3.63) is 104 Å². The summed E-state index contributed by atoms with van der Waals surface area (Å²) in [5, 5.41) is 11.3. The van der Waals surface area contributed by atoms with Gasteiger partial charge in [-0.3, -0.25) is 4.79 Å². The van der Waals surface area contributed by atoms with Gasteiger partial charge in [-0.2, -0.15) is 0 Å². The molecule has 0 amide bonds. The van der Waals surface area contributed by atoms with E-state index in [1.165, 1.54) is 0 Å². The molecule has 0 spiro atoms. The first-order valence-electron chi connectivity index (χ1n) is 10.3. The Bertz CT molecular complexity index is 1370. The number of hydrogen-bond acceptors (Lipinski definition) is 6. The Kier molecular flexibility index (Phi) is 6.74. The Labute approximate surface area is 198 Å². The van der Waals surface area contributed by atoms with E-state index in [-0.39, 0.29) is 24.2 Å². The molecule has 0 saturated heterocycles. The molecular formula is C25H21BrN2O5. The van der Waals surface area contributed by atoms with Gasteiger partial charge in [0.15, 0.2) is 11.2 Å². The zero-order valence-electron chi connectivity index (χ0n) is 17.8. The maximum Gasteiger partial charge on any atom is 0.347 e. The maximum atomic E-state index is 13.2. The van der Waals surface area contributed by atoms with Gasteiger partial charge >= 0.3 is 11.5 Å². The van der Waals surface area contributed by atoms with Crippen LogP contribution in [0, 0.1) is 0 Å². The Morgan fingerprint density at radius 2 is 1.85 bits per heavy atom. The van der Waals surface area contributed by atoms with Crippen LogP contribution in [0.3, 0.4) is 0 Å². The third kappa shape index (κ3) is 4.75. The Morgan fingerprint density at radius 1 is 1.09 bits per heavy atom. The third-order valence-electron chi connectivity index (χ3n) is 5.05. The highest BCUT2D eigenvalue weighted by Gasteiger charge is 2.26. The fraction of sp³-hybridized carbons (Fsp3) is 0.160. The van der Waals surface area contributed by atoms with E-state index in [2.05, 4.69) is 20.9 Å². The van der Waals surface area contributed by atoms with Gasteiger partial charge in [-0.1, -0.05) is 58.4 Å². The molecule has 0 fully saturated rings. The molecule has 2 aromatic heterocycles. The average molecular weight is 509 g/mol. The molecule has 0 unspecified atom stereocenters. The lowest BCUT2D eigenvalue weighted by Gasteiger charge is -2.16. The third-order valence-corrected chi connectivity index (χ3v) is 5.54. The minimum absolute atomic E-state index is 0.0541. The van der Waals surface area contributed by atoms with E-state index in [9.17, 15) is 14.7 Å². The number of ether oxygens (including phenoxy) is 1. The van der Waals surface area contributed by atoms with Crippen LogP contribution >= 0.6 is 15.9 Å². The van der Waals surface area contributed by atoms with Gasteiger partial charge in [-0.25, -0.2) is 9.78 Å². The van der Waals surface area contributed by atoms with Crippen molar-refractivity contribution < 1.29 is 19.5 Å². The van der Waals surface area contributed by atoms with Crippen molar-refractivity contribution in [1.82, 2.24) is 9.71 Å². The molecule has 4 aromatic rings. The van der Waals surface area contributed by atoms with Gasteiger partial charge in [0, 0.05) is 10.7 Å². The second-order valence-electron chi connectivity index (χ2n) is 7.28. The van der Waals surface area contributed by atoms with Crippen molar-refractivity contribution >= 4 is 32.9 Å². The summed E-state index contributed by atoms with van der Waals surface area (Å²) in [6, 6.07) is 18.8. The topological polar surface area (TPSA) is 90.7 Å². The van der Waals surface area contributed by atoms with Gasteiger partial charge in [0.25, 0.3) is 0 Å². The summed E-state index contributed by atoms with van der Waals surface area (Å²) in [7, 11) is 0. The molecule has 0 aliphatic carbocycles. The monoisotopic (exact) mass is 508 g/mol. The Hall–Kier alpha value is -3.65. The van der Waals surface area contributed by atoms with E-state index in [0.717, 1.165) is 20.3 Å². The highest BCUT2D eigenvalue weighted by Crippen LogP contribution is 2.30. The van der Waals surface area contributed by atoms with Crippen molar-refractivity contribution in [2.24, 2.45) is 0 Å². The molecule has 0 aliphatic rings. The molecular weight excluding hydrogens is 488 g/mol. The number of rotatable bonds is 7. The molecule has 2 heterocycles. The van der Waals surface area contributed by atoms with Crippen LogP contribution in [0.2, 0.25) is 0 Å². The van der Waals surface area contributed by atoms with Gasteiger partial charge < -0.3 is 14.7 Å². The average Bonchev–Trinajstić information content (AvgIpc) is 2.80. The molecule has 7 nitrogen and oxygen atoms in total. The molecule has 0 bridgehead atoms. The number of hydrogen-bond donors (Lipinski definition) is 1. The quantitative estimate of drug-likeness (QED) is 0.375. The predicted molar refractivity (Wildman–Crippen MR) is 127 cm³/mol. The minimum atomic E-state index is -0.920. The van der Waals surface area contributed by atoms with Crippen LogP contribution in [0.1, 0.15) is 34.0 Å². The summed E-state index contributed by atoms with van der Waals surface area (Å²) in [6.45, 7) is 1.75. The number of halogens is 1. The second kappa shape index (κ2) is 9.87. The Balaban J connectivity index is 1.89. The summed E-state index contributed by atoms with van der Waals surface area (Å²) >= 11 is 3.46. The minimum Gasteiger partial charge on any atom is -0.506 e. The predicted octanol–water partition coefficient (Wildman–Crippen LogP) is 4.26. The largest absolute Gasteiger partial charge is 0.506 e. The highest BCUT2D eigenvalue weighted by molar-refractivity contribution is 9.10. The SMILES string of the molecule is CCOC(=O)c1c(O)c2c(Cc3cccc(Br)c3)ccnc2n(OCc2ccccc2)c1=O. The molecule has 0 atom stereocenters. The van der Waals surface area contributed by atoms with Crippen molar-refractivity contribution in [3.63, 3.8) is 0 Å². The standard InChI is InChI=1S/C25H21BrN2O5/c1-2-32-25(31)21-22(29)20-18(13-17-9-6-10-19(26)14-17)11-12-27-23(20)28(24(21)30)33-15-16-7-4-3-5-8-16/h3-12,14,29H,2,13,15H2,1H3. The first-order chi connectivity index (χ1) is 16.0. The van der Waals surface area contributed by atoms with Gasteiger partial charge in [0.2, 0.25) is 0 Å². The number of fused-ring (bicyclic) bond motifs is 1. The normalized spacial score (nSPS) is 10.8. The van der Waals surface area contributed by atoms with Crippen LogP contribution < -0.4 is 10.4 Å². The van der Waals surface area contributed by atoms with E-state index in [0.29, 0.717) is 12.0 Å². The van der Waals surface area contributed by atoms with Crippen molar-refractivity contribution in [2.45, 2.75) is 20.0 Å². The molecule has 168 valence electrons. The van der Waals surface area contributed by atoms with Crippen molar-refractivity contribution in [1.29, 1.82) is 0 Å². The summed E-state index contributed by atoms with van der Waals surface area (Å²) in [5.74, 6) is -1.39. The molecule has 8 heteroatoms. The molecule has 4 rings (SSSR count). The van der Waals surface area contributed by atoms with Crippen LogP contribution in [0.4, 0.5) is 0 Å². The number of esters is 1. The smallest absolute Gasteiger partial charge is 0.347 e. The number of nitrogens with zero attached hydrogens (tertiary/aromatic N) is 2.